The van der Waals surface area contributed by atoms with Gasteiger partial charge in [-0.05, 0) is 37.7 Å². The number of nitrogens with one attached hydrogen (secondary N) is 2. The van der Waals surface area contributed by atoms with Gasteiger partial charge < -0.3 is 10.6 Å². The fraction of sp³-hybridized carbons (Fsp3) is 0.545. The van der Waals surface area contributed by atoms with Crippen LogP contribution in [-0.2, 0) is 0 Å². The molecule has 0 aliphatic heterocycles. The Hall–Kier alpha value is -0.320. The van der Waals surface area contributed by atoms with Gasteiger partial charge in [0.15, 0.2) is 5.11 Å². The van der Waals surface area contributed by atoms with Crippen molar-refractivity contribution < 1.29 is 0 Å². The Balaban J connectivity index is 2.33. The predicted molar refractivity (Wildman–Crippen MR) is 76.4 cm³/mol. The van der Waals surface area contributed by atoms with Crippen LogP contribution < -0.4 is 10.6 Å². The highest BCUT2D eigenvalue weighted by molar-refractivity contribution is 7.80. The van der Waals surface area contributed by atoms with Gasteiger partial charge in [0.25, 0.3) is 0 Å². The lowest BCUT2D eigenvalue weighted by Gasteiger charge is -2.15. The van der Waals surface area contributed by atoms with Crippen molar-refractivity contribution in [1.29, 1.82) is 0 Å². The first-order valence-electron chi connectivity index (χ1n) is 5.43. The summed E-state index contributed by atoms with van der Waals surface area (Å²) in [4.78, 5) is 1.20. The summed E-state index contributed by atoms with van der Waals surface area (Å²) in [6.45, 7) is 5.17. The molecule has 16 heavy (non-hydrogen) atoms. The lowest BCUT2D eigenvalue weighted by atomic mass is 10.3. The van der Waals surface area contributed by atoms with Crippen LogP contribution in [0.25, 0.3) is 0 Å². The normalized spacial score (nSPS) is 12.2. The van der Waals surface area contributed by atoms with Crippen molar-refractivity contribution in [2.45, 2.75) is 32.7 Å². The van der Waals surface area contributed by atoms with Gasteiger partial charge in [-0.1, -0.05) is 24.9 Å². The quantitative estimate of drug-likeness (QED) is 0.633. The first-order valence-corrected chi connectivity index (χ1v) is 7.03. The van der Waals surface area contributed by atoms with Crippen molar-refractivity contribution in [1.82, 2.24) is 10.6 Å². The van der Waals surface area contributed by atoms with Gasteiger partial charge in [0.05, 0.1) is 10.4 Å². The molecule has 1 rings (SSSR count). The molecule has 90 valence electrons. The van der Waals surface area contributed by atoms with E-state index in [0.717, 1.165) is 17.3 Å². The lowest BCUT2D eigenvalue weighted by molar-refractivity contribution is 0.691. The van der Waals surface area contributed by atoms with Crippen LogP contribution in [0.2, 0.25) is 4.34 Å². The van der Waals surface area contributed by atoms with E-state index in [1.807, 2.05) is 12.1 Å². The summed E-state index contributed by atoms with van der Waals surface area (Å²) in [7, 11) is 0. The van der Waals surface area contributed by atoms with Crippen molar-refractivity contribution in [3.8, 4) is 0 Å². The summed E-state index contributed by atoms with van der Waals surface area (Å²) in [5, 5.41) is 7.14. The van der Waals surface area contributed by atoms with Crippen molar-refractivity contribution in [3.63, 3.8) is 0 Å². The van der Waals surface area contributed by atoms with Crippen LogP contribution in [0.5, 0.6) is 0 Å². The Bertz CT molecular complexity index is 338. The highest BCUT2D eigenvalue weighted by Crippen LogP contribution is 2.26. The van der Waals surface area contributed by atoms with E-state index in [2.05, 4.69) is 24.5 Å². The molecule has 1 atom stereocenters. The topological polar surface area (TPSA) is 24.1 Å². The maximum atomic E-state index is 5.89. The summed E-state index contributed by atoms with van der Waals surface area (Å²) in [5.41, 5.74) is 0. The van der Waals surface area contributed by atoms with Gasteiger partial charge >= 0.3 is 0 Å². The van der Waals surface area contributed by atoms with Crippen LogP contribution in [0, 0.1) is 0 Å². The van der Waals surface area contributed by atoms with Gasteiger partial charge in [0.2, 0.25) is 0 Å². The van der Waals surface area contributed by atoms with Crippen LogP contribution in [0.4, 0.5) is 0 Å². The Morgan fingerprint density at radius 2 is 2.31 bits per heavy atom. The smallest absolute Gasteiger partial charge is 0.166 e. The van der Waals surface area contributed by atoms with E-state index >= 15 is 0 Å². The fourth-order valence-electron chi connectivity index (χ4n) is 1.26. The van der Waals surface area contributed by atoms with Gasteiger partial charge in [-0.2, -0.15) is 0 Å². The molecule has 0 amide bonds. The van der Waals surface area contributed by atoms with Gasteiger partial charge in [-0.3, -0.25) is 0 Å². The number of thiocarbonyl (C=S) groups is 1. The number of hydrogen-bond donors (Lipinski definition) is 2. The molecule has 2 nitrogen and oxygen atoms in total. The maximum absolute atomic E-state index is 5.89. The highest BCUT2D eigenvalue weighted by atomic mass is 35.5. The van der Waals surface area contributed by atoms with Crippen LogP contribution >= 0.6 is 35.2 Å². The second kappa shape index (κ2) is 7.09. The Morgan fingerprint density at radius 1 is 1.56 bits per heavy atom. The number of hydrogen-bond acceptors (Lipinski definition) is 2. The summed E-state index contributed by atoms with van der Waals surface area (Å²) < 4.78 is 0.813. The molecular weight excluding hydrogens is 260 g/mol. The zero-order valence-electron chi connectivity index (χ0n) is 9.55. The molecule has 0 saturated carbocycles. The number of rotatable bonds is 5. The molecule has 0 radical (unpaired) electrons. The highest BCUT2D eigenvalue weighted by Gasteiger charge is 2.08. The minimum absolute atomic E-state index is 0.208. The third-order valence-electron chi connectivity index (χ3n) is 2.18. The molecular formula is C11H17ClN2S2. The van der Waals surface area contributed by atoms with E-state index in [1.54, 1.807) is 11.3 Å². The molecule has 0 saturated heterocycles. The zero-order chi connectivity index (χ0) is 12.0. The third kappa shape index (κ3) is 4.68. The SMILES string of the molecule is CCCCNC(=S)NC(C)c1ccc(Cl)s1. The molecule has 0 bridgehead atoms. The largest absolute Gasteiger partial charge is 0.363 e. The molecule has 0 spiro atoms. The van der Waals surface area contributed by atoms with Crippen LogP contribution in [0.15, 0.2) is 12.1 Å². The molecule has 5 heteroatoms. The monoisotopic (exact) mass is 276 g/mol. The lowest BCUT2D eigenvalue weighted by Crippen LogP contribution is -2.36. The van der Waals surface area contributed by atoms with Crippen molar-refractivity contribution in [2.24, 2.45) is 0 Å². The first kappa shape index (κ1) is 13.7. The van der Waals surface area contributed by atoms with E-state index in [4.69, 9.17) is 23.8 Å². The molecule has 0 aromatic carbocycles. The van der Waals surface area contributed by atoms with Gasteiger partial charge in [0, 0.05) is 11.4 Å². The van der Waals surface area contributed by atoms with Gasteiger partial charge in [-0.25, -0.2) is 0 Å². The maximum Gasteiger partial charge on any atom is 0.166 e. The van der Waals surface area contributed by atoms with Crippen molar-refractivity contribution in [3.05, 3.63) is 21.3 Å². The predicted octanol–water partition coefficient (Wildman–Crippen LogP) is 3.73. The molecule has 1 aromatic heterocycles. The van der Waals surface area contributed by atoms with E-state index in [-0.39, 0.29) is 6.04 Å². The molecule has 2 N–H and O–H groups in total. The van der Waals surface area contributed by atoms with E-state index < -0.39 is 0 Å². The molecule has 0 aliphatic rings. The van der Waals surface area contributed by atoms with Gasteiger partial charge in [-0.15, -0.1) is 11.3 Å². The van der Waals surface area contributed by atoms with Crippen molar-refractivity contribution >= 4 is 40.3 Å². The number of thiophene rings is 1. The van der Waals surface area contributed by atoms with Crippen LogP contribution in [0.1, 0.15) is 37.6 Å². The van der Waals surface area contributed by atoms with E-state index in [0.29, 0.717) is 5.11 Å². The second-order valence-electron chi connectivity index (χ2n) is 3.62. The molecule has 0 aliphatic carbocycles. The molecule has 1 aromatic rings. The summed E-state index contributed by atoms with van der Waals surface area (Å²) in [6, 6.07) is 4.14. The minimum Gasteiger partial charge on any atom is -0.363 e. The molecule has 1 unspecified atom stereocenters. The number of halogens is 1. The average molecular weight is 277 g/mol. The molecule has 0 fully saturated rings. The Morgan fingerprint density at radius 3 is 2.88 bits per heavy atom. The third-order valence-corrected chi connectivity index (χ3v) is 3.86. The minimum atomic E-state index is 0.208. The van der Waals surface area contributed by atoms with E-state index in [9.17, 15) is 0 Å². The second-order valence-corrected chi connectivity index (χ2v) is 5.77. The van der Waals surface area contributed by atoms with Gasteiger partial charge in [0.1, 0.15) is 0 Å². The summed E-state index contributed by atoms with van der Waals surface area (Å²) in [6.07, 6.45) is 2.31. The zero-order valence-corrected chi connectivity index (χ0v) is 11.9. The van der Waals surface area contributed by atoms with E-state index in [1.165, 1.54) is 11.3 Å². The van der Waals surface area contributed by atoms with Crippen LogP contribution in [-0.4, -0.2) is 11.7 Å². The van der Waals surface area contributed by atoms with Crippen LogP contribution in [0.3, 0.4) is 0 Å². The average Bonchev–Trinajstić information content (AvgIpc) is 2.65. The Kier molecular flexibility index (Phi) is 6.09. The standard InChI is InChI=1S/C11H17ClN2S2/c1-3-4-7-13-11(15)14-8(2)9-5-6-10(12)16-9/h5-6,8H,3-4,7H2,1-2H3,(H2,13,14,15). The first-order chi connectivity index (χ1) is 7.63. The number of unbranched alkanes of at least 4 members (excludes halogenated alkanes) is 1. The summed E-state index contributed by atoms with van der Waals surface area (Å²) in [5.74, 6) is 0. The van der Waals surface area contributed by atoms with Crippen molar-refractivity contribution in [2.75, 3.05) is 6.54 Å². The fourth-order valence-corrected chi connectivity index (χ4v) is 2.60. The molecule has 1 heterocycles. The summed E-state index contributed by atoms with van der Waals surface area (Å²) >= 11 is 12.7. The Labute approximate surface area is 111 Å².